The van der Waals surface area contributed by atoms with E-state index in [0.29, 0.717) is 33.0 Å². The third-order valence-electron chi connectivity index (χ3n) is 11.1. The minimum atomic E-state index is -0.680. The SMILES string of the molecule is [2H]c1c([2H])c(N(c2c([2H])c([2H])c(-c3c(-c4ccccc4)ccc4ccccc34)c([2H])c2[2H])c2c([2H])c([2H])c(-c3cc4ccccc4c4ccccc34)c([2H])c2[2H])c([2H])c([2H])c1-c1cccc(-c2ccccc2)c1. The summed E-state index contributed by atoms with van der Waals surface area (Å²) in [5, 5.41) is 4.63. The van der Waals surface area contributed by atoms with Crippen LogP contribution in [0.4, 0.5) is 17.1 Å². The van der Waals surface area contributed by atoms with Crippen LogP contribution in [-0.4, -0.2) is 0 Å². The maximum atomic E-state index is 9.89. The number of hydrogen-bond donors (Lipinski definition) is 0. The van der Waals surface area contributed by atoms with Gasteiger partial charge in [0.05, 0.1) is 16.4 Å². The smallest absolute Gasteiger partial charge is 0.0645 e. The van der Waals surface area contributed by atoms with E-state index in [1.165, 1.54) is 0 Å². The van der Waals surface area contributed by atoms with E-state index < -0.39 is 89.6 Å². The molecule has 0 aliphatic carbocycles. The lowest BCUT2D eigenvalue weighted by atomic mass is 9.89. The molecule has 0 amide bonds. The van der Waals surface area contributed by atoms with Crippen molar-refractivity contribution in [3.63, 3.8) is 0 Å². The van der Waals surface area contributed by atoms with Crippen molar-refractivity contribution in [3.8, 4) is 55.6 Å². The Bertz CT molecular complexity index is 3980. The summed E-state index contributed by atoms with van der Waals surface area (Å²) in [4.78, 5) is 0.875. The van der Waals surface area contributed by atoms with Crippen LogP contribution in [0.2, 0.25) is 0 Å². The molecule has 0 N–H and O–H groups in total. The Labute approximate surface area is 373 Å². The van der Waals surface area contributed by atoms with Crippen molar-refractivity contribution in [1.82, 2.24) is 0 Å². The Kier molecular flexibility index (Phi) is 6.53. The normalized spacial score (nSPS) is 14.0. The molecule has 1 heteroatoms. The summed E-state index contributed by atoms with van der Waals surface area (Å²) in [7, 11) is 0. The molecule has 0 aromatic heterocycles. The Morgan fingerprint density at radius 1 is 0.262 bits per heavy atom. The molecule has 0 fully saturated rings. The maximum absolute atomic E-state index is 9.89. The first kappa shape index (κ1) is 25.5. The zero-order valence-electron chi connectivity index (χ0n) is 44.7. The third-order valence-corrected chi connectivity index (χ3v) is 11.1. The van der Waals surface area contributed by atoms with Crippen LogP contribution in [0.25, 0.3) is 88.0 Å². The van der Waals surface area contributed by atoms with Crippen LogP contribution in [0, 0.1) is 0 Å². The van der Waals surface area contributed by atoms with E-state index >= 15 is 0 Å². The van der Waals surface area contributed by atoms with Crippen molar-refractivity contribution in [2.24, 2.45) is 0 Å². The molecule has 0 aliphatic rings. The van der Waals surface area contributed by atoms with Gasteiger partial charge >= 0.3 is 0 Å². The van der Waals surface area contributed by atoms with Crippen molar-refractivity contribution >= 4 is 49.4 Å². The Morgan fingerprint density at radius 2 is 0.738 bits per heavy atom. The topological polar surface area (TPSA) is 3.24 Å². The van der Waals surface area contributed by atoms with Gasteiger partial charge in [0.25, 0.3) is 0 Å². The number of nitrogens with zero attached hydrogens (tertiary/aromatic N) is 1. The molecule has 0 radical (unpaired) electrons. The maximum Gasteiger partial charge on any atom is 0.0645 e. The summed E-state index contributed by atoms with van der Waals surface area (Å²) in [5.41, 5.74) is 2.26. The molecule has 286 valence electrons. The lowest BCUT2D eigenvalue weighted by molar-refractivity contribution is 1.28. The molecular formula is C60H41N. The molecule has 1 nitrogen and oxygen atoms in total. The van der Waals surface area contributed by atoms with Crippen LogP contribution in [0.3, 0.4) is 0 Å². The van der Waals surface area contributed by atoms with E-state index in [1.54, 1.807) is 18.2 Å². The van der Waals surface area contributed by atoms with Crippen LogP contribution in [-0.2, 0) is 0 Å². The Hall–Kier alpha value is -8.00. The van der Waals surface area contributed by atoms with Gasteiger partial charge in [0, 0.05) is 17.1 Å². The molecule has 0 unspecified atom stereocenters. The molecule has 11 rings (SSSR count). The molecule has 0 bridgehead atoms. The quantitative estimate of drug-likeness (QED) is 0.139. The lowest BCUT2D eigenvalue weighted by Gasteiger charge is -2.26. The van der Waals surface area contributed by atoms with Gasteiger partial charge in [-0.05, 0) is 136 Å². The van der Waals surface area contributed by atoms with E-state index in [1.807, 2.05) is 158 Å². The van der Waals surface area contributed by atoms with Gasteiger partial charge in [0.2, 0.25) is 0 Å². The van der Waals surface area contributed by atoms with Crippen LogP contribution in [0.5, 0.6) is 0 Å². The van der Waals surface area contributed by atoms with E-state index in [2.05, 4.69) is 0 Å². The summed E-state index contributed by atoms with van der Waals surface area (Å²) in [6.45, 7) is 0. The molecule has 0 saturated carbocycles. The summed E-state index contributed by atoms with van der Waals surface area (Å²) >= 11 is 0. The zero-order chi connectivity index (χ0) is 51.0. The molecule has 11 aromatic rings. The van der Waals surface area contributed by atoms with Gasteiger partial charge in [0.1, 0.15) is 0 Å². The van der Waals surface area contributed by atoms with Crippen molar-refractivity contribution in [2.75, 3.05) is 4.90 Å². The molecule has 61 heavy (non-hydrogen) atoms. The number of hydrogen-bond acceptors (Lipinski definition) is 1. The fourth-order valence-corrected chi connectivity index (χ4v) is 8.14. The summed E-state index contributed by atoms with van der Waals surface area (Å²) in [6.07, 6.45) is 0. The Morgan fingerprint density at radius 3 is 1.39 bits per heavy atom. The van der Waals surface area contributed by atoms with Gasteiger partial charge in [-0.15, -0.1) is 0 Å². The highest BCUT2D eigenvalue weighted by atomic mass is 15.1. The third kappa shape index (κ3) is 6.83. The average Bonchev–Trinajstić information content (AvgIpc) is 3.42. The van der Waals surface area contributed by atoms with Crippen molar-refractivity contribution in [2.45, 2.75) is 0 Å². The van der Waals surface area contributed by atoms with Crippen molar-refractivity contribution < 1.29 is 16.4 Å². The molecule has 0 saturated heterocycles. The highest BCUT2D eigenvalue weighted by Crippen LogP contribution is 2.42. The highest BCUT2D eigenvalue weighted by molar-refractivity contribution is 6.14. The molecule has 0 atom stereocenters. The summed E-state index contributed by atoms with van der Waals surface area (Å²) in [6, 6.07) is 46.8. The minimum Gasteiger partial charge on any atom is -0.311 e. The predicted molar refractivity (Wildman–Crippen MR) is 261 cm³/mol. The monoisotopic (exact) mass is 787 g/mol. The first-order valence-electron chi connectivity index (χ1n) is 26.0. The van der Waals surface area contributed by atoms with Gasteiger partial charge in [-0.1, -0.05) is 200 Å². The van der Waals surface area contributed by atoms with E-state index in [9.17, 15) is 16.4 Å². The van der Waals surface area contributed by atoms with Gasteiger partial charge in [-0.25, -0.2) is 0 Å². The zero-order valence-corrected chi connectivity index (χ0v) is 32.7. The summed E-state index contributed by atoms with van der Waals surface area (Å²) in [5.74, 6) is 0. The molecule has 11 aromatic carbocycles. The van der Waals surface area contributed by atoms with E-state index in [4.69, 9.17) is 0 Å². The number of rotatable bonds is 8. The summed E-state index contributed by atoms with van der Waals surface area (Å²) < 4.78 is 117. The van der Waals surface area contributed by atoms with Crippen molar-refractivity contribution in [1.29, 1.82) is 0 Å². The van der Waals surface area contributed by atoms with Crippen LogP contribution in [0.15, 0.2) is 248 Å². The van der Waals surface area contributed by atoms with Crippen molar-refractivity contribution in [3.05, 3.63) is 248 Å². The molecule has 0 spiro atoms. The molecule has 0 heterocycles. The van der Waals surface area contributed by atoms with Crippen LogP contribution < -0.4 is 4.90 Å². The van der Waals surface area contributed by atoms with E-state index in [0.717, 1.165) is 43.1 Å². The van der Waals surface area contributed by atoms with Gasteiger partial charge in [-0.3, -0.25) is 0 Å². The largest absolute Gasteiger partial charge is 0.311 e. The van der Waals surface area contributed by atoms with Crippen LogP contribution >= 0.6 is 0 Å². The number of anilines is 3. The first-order valence-corrected chi connectivity index (χ1v) is 20.0. The van der Waals surface area contributed by atoms with Crippen LogP contribution in [0.1, 0.15) is 16.4 Å². The predicted octanol–water partition coefficient (Wildman–Crippen LogP) is 17.0. The number of fused-ring (bicyclic) bond motifs is 4. The minimum absolute atomic E-state index is 0.0480. The molecular weight excluding hydrogens is 735 g/mol. The highest BCUT2D eigenvalue weighted by Gasteiger charge is 2.17. The van der Waals surface area contributed by atoms with E-state index in [-0.39, 0.29) is 16.7 Å². The standard InChI is InChI=1S/C60H41N/c1-3-14-42(15-4-1)48-20-13-21-49(40-48)43-26-33-51(34-27-43)61(52-35-28-46(29-36-52)59-41-50-19-8-9-22-54(50)57-24-11-12-25-58(57)59)53-37-30-47(31-38-53)60-55-23-10-7-18-45(55)32-39-56(60)44-16-5-2-6-17-44/h1-41H/i26D,27D,28D,29D,30D,31D,33D,34D,35D,36D,37D,38D. The second-order valence-corrected chi connectivity index (χ2v) is 14.7. The fourth-order valence-electron chi connectivity index (χ4n) is 8.14. The fraction of sp³-hybridized carbons (Fsp3) is 0. The van der Waals surface area contributed by atoms with Gasteiger partial charge in [-0.2, -0.15) is 0 Å². The average molecular weight is 788 g/mol. The van der Waals surface area contributed by atoms with Gasteiger partial charge < -0.3 is 4.90 Å². The number of benzene rings is 11. The second kappa shape index (κ2) is 15.6. The second-order valence-electron chi connectivity index (χ2n) is 14.7. The first-order chi connectivity index (χ1) is 35.3. The Balaban J connectivity index is 1.21. The van der Waals surface area contributed by atoms with Gasteiger partial charge in [0.15, 0.2) is 0 Å². The lowest BCUT2D eigenvalue weighted by Crippen LogP contribution is -2.09. The molecule has 0 aliphatic heterocycles.